The fraction of sp³-hybridized carbons (Fsp3) is 0.158. The molecule has 0 atom stereocenters. The van der Waals surface area contributed by atoms with Gasteiger partial charge in [0.05, 0.1) is 18.6 Å². The van der Waals surface area contributed by atoms with Gasteiger partial charge in [0.15, 0.2) is 0 Å². The van der Waals surface area contributed by atoms with Crippen LogP contribution in [0, 0.1) is 0 Å². The maximum atomic E-state index is 12.1. The van der Waals surface area contributed by atoms with Crippen molar-refractivity contribution in [1.82, 2.24) is 15.2 Å². The highest BCUT2D eigenvalue weighted by Gasteiger charge is 2.08. The Morgan fingerprint density at radius 1 is 1.18 bits per heavy atom. The number of nitrogens with zero attached hydrogens (tertiary/aromatic N) is 3. The van der Waals surface area contributed by atoms with Gasteiger partial charge in [-0.3, -0.25) is 4.79 Å². The van der Waals surface area contributed by atoms with Gasteiger partial charge in [-0.05, 0) is 36.8 Å². The molecule has 9 heteroatoms. The molecule has 1 aromatic heterocycles. The van der Waals surface area contributed by atoms with Crippen LogP contribution in [0.4, 0.5) is 11.6 Å². The Balaban J connectivity index is 1.48. The summed E-state index contributed by atoms with van der Waals surface area (Å²) >= 11 is 1.23. The number of methoxy groups -OCH3 is 1. The van der Waals surface area contributed by atoms with E-state index in [2.05, 4.69) is 31.0 Å². The molecule has 3 rings (SSSR count). The highest BCUT2D eigenvalue weighted by Crippen LogP contribution is 2.17. The van der Waals surface area contributed by atoms with E-state index in [1.54, 1.807) is 31.4 Å². The first-order valence-corrected chi connectivity index (χ1v) is 9.47. The second-order valence-corrected chi connectivity index (χ2v) is 6.65. The fourth-order valence-electron chi connectivity index (χ4n) is 2.24. The molecule has 0 aliphatic heterocycles. The first-order chi connectivity index (χ1) is 13.6. The third-order valence-electron chi connectivity index (χ3n) is 3.69. The SMILES string of the molecule is COc1ccc(NC(=O)CSc2n[nH]c(N/N=C(\C)c3ccccc3)n2)cc1. The zero-order chi connectivity index (χ0) is 19.8. The predicted octanol–water partition coefficient (Wildman–Crippen LogP) is 3.38. The van der Waals surface area contributed by atoms with E-state index in [0.717, 1.165) is 17.0 Å². The van der Waals surface area contributed by atoms with E-state index in [1.807, 2.05) is 37.3 Å². The molecule has 0 radical (unpaired) electrons. The lowest BCUT2D eigenvalue weighted by Crippen LogP contribution is -2.14. The summed E-state index contributed by atoms with van der Waals surface area (Å²) in [5, 5.41) is 14.4. The zero-order valence-electron chi connectivity index (χ0n) is 15.5. The Morgan fingerprint density at radius 3 is 2.64 bits per heavy atom. The van der Waals surface area contributed by atoms with Gasteiger partial charge in [-0.25, -0.2) is 10.5 Å². The number of thioether (sulfide) groups is 1. The molecule has 1 amide bonds. The maximum Gasteiger partial charge on any atom is 0.240 e. The summed E-state index contributed by atoms with van der Waals surface area (Å²) in [6.45, 7) is 1.90. The van der Waals surface area contributed by atoms with Crippen LogP contribution in [0.25, 0.3) is 0 Å². The first kappa shape index (κ1) is 19.4. The minimum Gasteiger partial charge on any atom is -0.497 e. The van der Waals surface area contributed by atoms with E-state index in [-0.39, 0.29) is 11.7 Å². The minimum atomic E-state index is -0.146. The highest BCUT2D eigenvalue weighted by atomic mass is 32.2. The molecule has 0 aliphatic rings. The van der Waals surface area contributed by atoms with Crippen molar-refractivity contribution in [3.05, 3.63) is 60.2 Å². The third kappa shape index (κ3) is 5.58. The summed E-state index contributed by atoms with van der Waals surface area (Å²) in [5.74, 6) is 1.19. The average molecular weight is 396 g/mol. The van der Waals surface area contributed by atoms with Crippen molar-refractivity contribution in [2.24, 2.45) is 5.10 Å². The van der Waals surface area contributed by atoms with Gasteiger partial charge in [0.1, 0.15) is 5.75 Å². The molecule has 3 aromatic rings. The summed E-state index contributed by atoms with van der Waals surface area (Å²) in [4.78, 5) is 16.3. The number of nitrogens with one attached hydrogen (secondary N) is 3. The van der Waals surface area contributed by atoms with Crippen LogP contribution in [0.5, 0.6) is 5.75 Å². The van der Waals surface area contributed by atoms with Gasteiger partial charge in [-0.2, -0.15) is 10.1 Å². The normalized spacial score (nSPS) is 11.1. The van der Waals surface area contributed by atoms with E-state index in [1.165, 1.54) is 11.8 Å². The van der Waals surface area contributed by atoms with Crippen LogP contribution in [0.15, 0.2) is 64.9 Å². The molecule has 1 heterocycles. The topological polar surface area (TPSA) is 104 Å². The molecule has 3 N–H and O–H groups in total. The van der Waals surface area contributed by atoms with Gasteiger partial charge >= 0.3 is 0 Å². The molecular formula is C19H20N6O2S. The van der Waals surface area contributed by atoms with E-state index in [0.29, 0.717) is 16.8 Å². The lowest BCUT2D eigenvalue weighted by Gasteiger charge is -2.05. The van der Waals surface area contributed by atoms with Crippen LogP contribution in [-0.2, 0) is 4.79 Å². The molecule has 0 spiro atoms. The maximum absolute atomic E-state index is 12.1. The number of benzene rings is 2. The van der Waals surface area contributed by atoms with Gasteiger partial charge in [0, 0.05) is 5.69 Å². The van der Waals surface area contributed by atoms with Crippen LogP contribution in [-0.4, -0.2) is 39.7 Å². The number of ether oxygens (including phenoxy) is 1. The molecule has 0 fully saturated rings. The molecule has 0 bridgehead atoms. The number of amides is 1. The number of anilines is 2. The number of rotatable bonds is 8. The fourth-order valence-corrected chi connectivity index (χ4v) is 2.84. The van der Waals surface area contributed by atoms with Crippen molar-refractivity contribution in [2.45, 2.75) is 12.1 Å². The van der Waals surface area contributed by atoms with Gasteiger partial charge in [-0.15, -0.1) is 5.10 Å². The lowest BCUT2D eigenvalue weighted by molar-refractivity contribution is -0.113. The number of hydrazone groups is 1. The number of aromatic amines is 1. The van der Waals surface area contributed by atoms with E-state index in [9.17, 15) is 4.79 Å². The summed E-state index contributed by atoms with van der Waals surface area (Å²) < 4.78 is 5.09. The summed E-state index contributed by atoms with van der Waals surface area (Å²) in [5.41, 5.74) is 5.38. The van der Waals surface area contributed by atoms with Gasteiger partial charge in [0.25, 0.3) is 0 Å². The lowest BCUT2D eigenvalue weighted by atomic mass is 10.1. The quantitative estimate of drug-likeness (QED) is 0.306. The smallest absolute Gasteiger partial charge is 0.240 e. The Kier molecular flexibility index (Phi) is 6.64. The zero-order valence-corrected chi connectivity index (χ0v) is 16.3. The summed E-state index contributed by atoms with van der Waals surface area (Å²) in [6.07, 6.45) is 0. The summed E-state index contributed by atoms with van der Waals surface area (Å²) in [7, 11) is 1.60. The van der Waals surface area contributed by atoms with Gasteiger partial charge in [-0.1, -0.05) is 42.1 Å². The molecule has 2 aromatic carbocycles. The standard InChI is InChI=1S/C19H20N6O2S/c1-13(14-6-4-3-5-7-14)22-23-18-21-19(25-24-18)28-12-17(26)20-15-8-10-16(27-2)11-9-15/h3-11H,12H2,1-2H3,(H,20,26)(H2,21,23,24,25)/b22-13+. The van der Waals surface area contributed by atoms with Crippen molar-refractivity contribution in [3.8, 4) is 5.75 Å². The summed E-state index contributed by atoms with van der Waals surface area (Å²) in [6, 6.07) is 16.9. The average Bonchev–Trinajstić information content (AvgIpc) is 3.19. The number of aromatic nitrogens is 3. The van der Waals surface area contributed by atoms with Crippen molar-refractivity contribution in [3.63, 3.8) is 0 Å². The van der Waals surface area contributed by atoms with Crippen molar-refractivity contribution in [1.29, 1.82) is 0 Å². The van der Waals surface area contributed by atoms with Crippen molar-refractivity contribution >= 4 is 35.0 Å². The second kappa shape index (κ2) is 9.56. The van der Waals surface area contributed by atoms with Gasteiger partial charge in [0.2, 0.25) is 17.0 Å². The molecule has 8 nitrogen and oxygen atoms in total. The Hall–Kier alpha value is -3.33. The van der Waals surface area contributed by atoms with Gasteiger partial charge < -0.3 is 10.1 Å². The molecule has 0 aliphatic carbocycles. The van der Waals surface area contributed by atoms with E-state index < -0.39 is 0 Å². The van der Waals surface area contributed by atoms with E-state index in [4.69, 9.17) is 4.74 Å². The molecule has 0 saturated heterocycles. The number of hydrogen-bond acceptors (Lipinski definition) is 7. The van der Waals surface area contributed by atoms with Crippen LogP contribution in [0.3, 0.4) is 0 Å². The van der Waals surface area contributed by atoms with Crippen molar-refractivity contribution < 1.29 is 9.53 Å². The number of carbonyl (C=O) groups is 1. The minimum absolute atomic E-state index is 0.146. The molecule has 28 heavy (non-hydrogen) atoms. The predicted molar refractivity (Wildman–Crippen MR) is 111 cm³/mol. The number of carbonyl (C=O) groups excluding carboxylic acids is 1. The number of H-pyrrole nitrogens is 1. The highest BCUT2D eigenvalue weighted by molar-refractivity contribution is 7.99. The monoisotopic (exact) mass is 396 g/mol. The van der Waals surface area contributed by atoms with E-state index >= 15 is 0 Å². The largest absolute Gasteiger partial charge is 0.497 e. The van der Waals surface area contributed by atoms with Crippen LogP contribution >= 0.6 is 11.8 Å². The molecule has 0 unspecified atom stereocenters. The second-order valence-electron chi connectivity index (χ2n) is 5.71. The Bertz CT molecular complexity index is 941. The van der Waals surface area contributed by atoms with Crippen LogP contribution < -0.4 is 15.5 Å². The number of hydrogen-bond donors (Lipinski definition) is 3. The van der Waals surface area contributed by atoms with Crippen molar-refractivity contribution in [2.75, 3.05) is 23.6 Å². The Labute approximate surface area is 166 Å². The molecule has 0 saturated carbocycles. The third-order valence-corrected chi connectivity index (χ3v) is 4.54. The molecular weight excluding hydrogens is 376 g/mol. The first-order valence-electron chi connectivity index (χ1n) is 8.49. The van der Waals surface area contributed by atoms with Crippen LogP contribution in [0.2, 0.25) is 0 Å². The molecule has 144 valence electrons. The van der Waals surface area contributed by atoms with Crippen LogP contribution in [0.1, 0.15) is 12.5 Å². The Morgan fingerprint density at radius 2 is 1.93 bits per heavy atom.